The fourth-order valence-electron chi connectivity index (χ4n) is 7.25. The summed E-state index contributed by atoms with van der Waals surface area (Å²) in [6.45, 7) is 2.69. The van der Waals surface area contributed by atoms with Crippen LogP contribution in [0.2, 0.25) is 0 Å². The molecule has 0 spiro atoms. The summed E-state index contributed by atoms with van der Waals surface area (Å²) >= 11 is 0. The molecule has 2 unspecified atom stereocenters. The molecule has 4 atom stereocenters. The maximum absolute atomic E-state index is 16.3. The molecule has 6 heterocycles. The van der Waals surface area contributed by atoms with Crippen LogP contribution in [-0.4, -0.2) is 82.6 Å². The number of pyridine rings is 1. The second kappa shape index (κ2) is 10.0. The molecule has 3 aromatic rings. The Kier molecular flexibility index (Phi) is 6.53. The van der Waals surface area contributed by atoms with Crippen LogP contribution in [0, 0.1) is 5.82 Å². The third-order valence-electron chi connectivity index (χ3n) is 9.05. The molecule has 2 bridgehead atoms. The molecule has 1 aromatic carbocycles. The number of nitrogens with one attached hydrogen (secondary N) is 1. The van der Waals surface area contributed by atoms with Gasteiger partial charge in [-0.15, -0.1) is 0 Å². The number of anilines is 1. The molecular formula is C29H31F5N6O. The maximum atomic E-state index is 16.3. The molecule has 1 N–H and O–H groups in total. The Morgan fingerprint density at radius 2 is 1.85 bits per heavy atom. The van der Waals surface area contributed by atoms with Gasteiger partial charge in [-0.3, -0.25) is 9.88 Å². The van der Waals surface area contributed by atoms with E-state index in [4.69, 9.17) is 9.72 Å². The minimum absolute atomic E-state index is 0.0264. The van der Waals surface area contributed by atoms with E-state index in [1.165, 1.54) is 24.4 Å². The predicted molar refractivity (Wildman–Crippen MR) is 143 cm³/mol. The van der Waals surface area contributed by atoms with Crippen molar-refractivity contribution in [2.45, 2.75) is 68.5 Å². The van der Waals surface area contributed by atoms with Crippen molar-refractivity contribution in [2.75, 3.05) is 37.7 Å². The average molecular weight is 575 g/mol. The number of hydrogen-bond acceptors (Lipinski definition) is 7. The Morgan fingerprint density at radius 3 is 2.63 bits per heavy atom. The largest absolute Gasteiger partial charge is 0.461 e. The first-order chi connectivity index (χ1) is 19.7. The van der Waals surface area contributed by atoms with E-state index in [1.54, 1.807) is 6.07 Å². The molecule has 2 aromatic heterocycles. The van der Waals surface area contributed by atoms with E-state index in [9.17, 15) is 17.6 Å². The van der Waals surface area contributed by atoms with Crippen LogP contribution in [0.1, 0.15) is 37.7 Å². The Morgan fingerprint density at radius 1 is 1.07 bits per heavy atom. The number of fused-ring (bicyclic) bond motifs is 4. The summed E-state index contributed by atoms with van der Waals surface area (Å²) in [5.41, 5.74) is -0.710. The number of ether oxygens (including phenoxy) is 1. The van der Waals surface area contributed by atoms with Crippen molar-refractivity contribution in [3.63, 3.8) is 0 Å². The number of benzene rings is 1. The Labute approximate surface area is 234 Å². The van der Waals surface area contributed by atoms with Gasteiger partial charge in [-0.05, 0) is 37.8 Å². The van der Waals surface area contributed by atoms with E-state index >= 15 is 4.39 Å². The van der Waals surface area contributed by atoms with Crippen molar-refractivity contribution in [1.29, 1.82) is 0 Å². The lowest BCUT2D eigenvalue weighted by Crippen LogP contribution is -2.51. The van der Waals surface area contributed by atoms with Crippen LogP contribution in [0.4, 0.5) is 27.8 Å². The highest BCUT2D eigenvalue weighted by Crippen LogP contribution is 2.41. The second-order valence-electron chi connectivity index (χ2n) is 11.9. The molecular weight excluding hydrogens is 543 g/mol. The standard InChI is InChI=1S/C29H31F5N6O/c30-18-11-28(8-3-9-40(28)13-18)16-41-27-37-25-22(26(38-27)39-14-19-6-7-20(15-39)36-19)12-35-24(23(25)31)21-5-2-1-4-17(21)10-29(32,33)34/h1-2,4-5,12,18-20,36H,3,6-11,13-16H2/t18?,19-,20+,28?. The zero-order valence-corrected chi connectivity index (χ0v) is 22.4. The van der Waals surface area contributed by atoms with Crippen molar-refractivity contribution in [3.8, 4) is 17.3 Å². The summed E-state index contributed by atoms with van der Waals surface area (Å²) in [4.78, 5) is 17.7. The van der Waals surface area contributed by atoms with E-state index in [0.29, 0.717) is 37.3 Å². The minimum Gasteiger partial charge on any atom is -0.461 e. The Bertz CT molecular complexity index is 1460. The second-order valence-corrected chi connectivity index (χ2v) is 11.9. The number of piperazine rings is 1. The highest BCUT2D eigenvalue weighted by Gasteiger charge is 2.49. The molecule has 41 heavy (non-hydrogen) atoms. The molecule has 4 saturated heterocycles. The highest BCUT2D eigenvalue weighted by atomic mass is 19.4. The van der Waals surface area contributed by atoms with Crippen molar-refractivity contribution in [2.24, 2.45) is 0 Å². The number of aromatic nitrogens is 3. The number of halogens is 5. The van der Waals surface area contributed by atoms with Gasteiger partial charge in [-0.25, -0.2) is 8.78 Å². The van der Waals surface area contributed by atoms with Gasteiger partial charge in [0.15, 0.2) is 5.82 Å². The Hall–Kier alpha value is -3.12. The van der Waals surface area contributed by atoms with Gasteiger partial charge >= 0.3 is 12.2 Å². The van der Waals surface area contributed by atoms with Crippen LogP contribution in [0.25, 0.3) is 22.2 Å². The first kappa shape index (κ1) is 26.8. The lowest BCUT2D eigenvalue weighted by atomic mass is 9.95. The first-order valence-corrected chi connectivity index (χ1v) is 14.2. The molecule has 7 nitrogen and oxygen atoms in total. The molecule has 7 rings (SSSR count). The van der Waals surface area contributed by atoms with Crippen molar-refractivity contribution >= 4 is 16.7 Å². The van der Waals surface area contributed by atoms with E-state index in [1.807, 2.05) is 0 Å². The van der Waals surface area contributed by atoms with Gasteiger partial charge < -0.3 is 15.0 Å². The molecule has 12 heteroatoms. The number of hydrogen-bond donors (Lipinski definition) is 1. The van der Waals surface area contributed by atoms with Gasteiger partial charge in [-0.2, -0.15) is 23.1 Å². The fraction of sp³-hybridized carbons (Fsp3) is 0.552. The van der Waals surface area contributed by atoms with E-state index in [-0.39, 0.29) is 47.0 Å². The smallest absolute Gasteiger partial charge is 0.393 e. The zero-order chi connectivity index (χ0) is 28.4. The van der Waals surface area contributed by atoms with E-state index in [2.05, 4.69) is 25.1 Å². The number of alkyl halides is 4. The molecule has 0 radical (unpaired) electrons. The summed E-state index contributed by atoms with van der Waals surface area (Å²) in [6.07, 6.45) is -0.969. The molecule has 0 aliphatic carbocycles. The summed E-state index contributed by atoms with van der Waals surface area (Å²) < 4.78 is 76.7. The fourth-order valence-corrected chi connectivity index (χ4v) is 7.25. The van der Waals surface area contributed by atoms with Gasteiger partial charge in [0.1, 0.15) is 29.8 Å². The van der Waals surface area contributed by atoms with Crippen molar-refractivity contribution < 1.29 is 26.7 Å². The first-order valence-electron chi connectivity index (χ1n) is 14.2. The van der Waals surface area contributed by atoms with E-state index in [0.717, 1.165) is 32.2 Å². The number of rotatable bonds is 6. The minimum atomic E-state index is -4.46. The summed E-state index contributed by atoms with van der Waals surface area (Å²) in [5.74, 6) is -0.338. The van der Waals surface area contributed by atoms with Crippen LogP contribution in [0.15, 0.2) is 30.5 Å². The monoisotopic (exact) mass is 574 g/mol. The lowest BCUT2D eigenvalue weighted by Gasteiger charge is -2.34. The molecule has 0 saturated carbocycles. The molecule has 4 fully saturated rings. The molecule has 4 aliphatic heterocycles. The quantitative estimate of drug-likeness (QED) is 0.423. The summed E-state index contributed by atoms with van der Waals surface area (Å²) in [7, 11) is 0. The van der Waals surface area contributed by atoms with Crippen LogP contribution in [-0.2, 0) is 6.42 Å². The van der Waals surface area contributed by atoms with Gasteiger partial charge in [0.25, 0.3) is 0 Å². The normalized spacial score (nSPS) is 28.0. The van der Waals surface area contributed by atoms with Crippen LogP contribution in [0.3, 0.4) is 0 Å². The van der Waals surface area contributed by atoms with Gasteiger partial charge in [0.2, 0.25) is 0 Å². The summed E-state index contributed by atoms with van der Waals surface area (Å²) in [6, 6.07) is 6.35. The van der Waals surface area contributed by atoms with Crippen molar-refractivity contribution in [3.05, 3.63) is 41.8 Å². The third-order valence-corrected chi connectivity index (χ3v) is 9.05. The van der Waals surface area contributed by atoms with Gasteiger partial charge in [0.05, 0.1) is 17.3 Å². The SMILES string of the molecule is Fc1c(-c2ccccc2CC(F)(F)F)ncc2c(N3C[C@H]4CC[C@@H](C3)N4)nc(OCC34CCCN3CC(F)C4)nc12. The van der Waals surface area contributed by atoms with Crippen LogP contribution in [0.5, 0.6) is 6.01 Å². The zero-order valence-electron chi connectivity index (χ0n) is 22.4. The van der Waals surface area contributed by atoms with Gasteiger partial charge in [-0.1, -0.05) is 24.3 Å². The molecule has 4 aliphatic rings. The van der Waals surface area contributed by atoms with Crippen LogP contribution >= 0.6 is 0 Å². The Balaban J connectivity index is 1.30. The predicted octanol–water partition coefficient (Wildman–Crippen LogP) is 4.83. The average Bonchev–Trinajstić information content (AvgIpc) is 3.57. The number of nitrogens with zero attached hydrogens (tertiary/aromatic N) is 5. The van der Waals surface area contributed by atoms with Crippen LogP contribution < -0.4 is 15.0 Å². The molecule has 0 amide bonds. The van der Waals surface area contributed by atoms with Gasteiger partial charge in [0, 0.05) is 49.9 Å². The van der Waals surface area contributed by atoms with E-state index < -0.39 is 30.1 Å². The third kappa shape index (κ3) is 4.98. The summed E-state index contributed by atoms with van der Waals surface area (Å²) in [5, 5.41) is 3.94. The highest BCUT2D eigenvalue weighted by molar-refractivity contribution is 5.92. The lowest BCUT2D eigenvalue weighted by molar-refractivity contribution is -0.127. The maximum Gasteiger partial charge on any atom is 0.393 e. The topological polar surface area (TPSA) is 66.4 Å². The molecule has 218 valence electrons. The van der Waals surface area contributed by atoms with Crippen molar-refractivity contribution in [1.82, 2.24) is 25.2 Å².